The standard InChI is InChI=1S/C18H22N4O3/c1-24-17-5-7-22(18(23)13-4-6-19-20-9-13)16-12-21(11-15(16)17)10-14-3-2-8-25-14/h2-4,6,8-9,15-17H,5,7,10-12H2,1H3/t15-,16+,17-/m1/s1. The molecule has 0 saturated carbocycles. The van der Waals surface area contributed by atoms with Crippen molar-refractivity contribution in [2.45, 2.75) is 25.1 Å². The summed E-state index contributed by atoms with van der Waals surface area (Å²) in [4.78, 5) is 17.3. The van der Waals surface area contributed by atoms with Crippen LogP contribution in [-0.2, 0) is 11.3 Å². The molecule has 0 unspecified atom stereocenters. The molecule has 0 radical (unpaired) electrons. The molecule has 0 aliphatic carbocycles. The van der Waals surface area contributed by atoms with Crippen LogP contribution in [0.4, 0.5) is 0 Å². The number of fused-ring (bicyclic) bond motifs is 1. The molecule has 4 heterocycles. The number of ether oxygens (including phenoxy) is 1. The van der Waals surface area contributed by atoms with Gasteiger partial charge in [0.25, 0.3) is 5.91 Å². The van der Waals surface area contributed by atoms with E-state index < -0.39 is 0 Å². The molecule has 7 nitrogen and oxygen atoms in total. The third-order valence-corrected chi connectivity index (χ3v) is 5.30. The molecule has 0 bridgehead atoms. The lowest BCUT2D eigenvalue weighted by Gasteiger charge is -2.41. The molecule has 25 heavy (non-hydrogen) atoms. The van der Waals surface area contributed by atoms with E-state index in [1.165, 1.54) is 6.20 Å². The molecule has 7 heteroatoms. The van der Waals surface area contributed by atoms with E-state index >= 15 is 0 Å². The summed E-state index contributed by atoms with van der Waals surface area (Å²) in [5.74, 6) is 1.29. The Morgan fingerprint density at radius 3 is 3.00 bits per heavy atom. The molecular formula is C18H22N4O3. The van der Waals surface area contributed by atoms with Gasteiger partial charge in [-0.2, -0.15) is 10.2 Å². The van der Waals surface area contributed by atoms with Crippen LogP contribution in [0.15, 0.2) is 41.3 Å². The van der Waals surface area contributed by atoms with Crippen LogP contribution < -0.4 is 0 Å². The van der Waals surface area contributed by atoms with Crippen molar-refractivity contribution < 1.29 is 13.9 Å². The predicted octanol–water partition coefficient (Wildman–Crippen LogP) is 1.43. The van der Waals surface area contributed by atoms with Crippen LogP contribution in [-0.4, -0.2) is 64.8 Å². The lowest BCUT2D eigenvalue weighted by atomic mass is 9.88. The molecule has 0 aromatic carbocycles. The number of amides is 1. The second-order valence-corrected chi connectivity index (χ2v) is 6.70. The smallest absolute Gasteiger partial charge is 0.255 e. The number of carbonyl (C=O) groups is 1. The number of aromatic nitrogens is 2. The molecule has 0 spiro atoms. The van der Waals surface area contributed by atoms with Gasteiger partial charge in [0.15, 0.2) is 0 Å². The number of hydrogen-bond donors (Lipinski definition) is 0. The van der Waals surface area contributed by atoms with Gasteiger partial charge in [0, 0.05) is 32.7 Å². The fourth-order valence-corrected chi connectivity index (χ4v) is 4.12. The summed E-state index contributed by atoms with van der Waals surface area (Å²) >= 11 is 0. The van der Waals surface area contributed by atoms with E-state index in [9.17, 15) is 4.79 Å². The molecule has 2 aliphatic heterocycles. The third-order valence-electron chi connectivity index (χ3n) is 5.30. The lowest BCUT2D eigenvalue weighted by molar-refractivity contribution is -0.0157. The van der Waals surface area contributed by atoms with E-state index in [1.807, 2.05) is 17.0 Å². The van der Waals surface area contributed by atoms with Gasteiger partial charge in [-0.3, -0.25) is 9.69 Å². The van der Waals surface area contributed by atoms with Crippen molar-refractivity contribution in [3.63, 3.8) is 0 Å². The summed E-state index contributed by atoms with van der Waals surface area (Å²) in [7, 11) is 1.77. The zero-order valence-corrected chi connectivity index (χ0v) is 14.2. The Hall–Kier alpha value is -2.25. The SMILES string of the molecule is CO[C@@H]1CCN(C(=O)c2ccnnc2)[C@H]2CN(Cc3ccco3)C[C@@H]12. The monoisotopic (exact) mass is 342 g/mol. The average Bonchev–Trinajstić information content (AvgIpc) is 3.31. The molecular weight excluding hydrogens is 320 g/mol. The fourth-order valence-electron chi connectivity index (χ4n) is 4.12. The van der Waals surface area contributed by atoms with Crippen molar-refractivity contribution in [1.29, 1.82) is 0 Å². The largest absolute Gasteiger partial charge is 0.468 e. The van der Waals surface area contributed by atoms with Gasteiger partial charge in [-0.15, -0.1) is 0 Å². The molecule has 1 amide bonds. The molecule has 2 fully saturated rings. The van der Waals surface area contributed by atoms with E-state index in [0.717, 1.165) is 31.8 Å². The van der Waals surface area contributed by atoms with E-state index in [2.05, 4.69) is 15.1 Å². The van der Waals surface area contributed by atoms with Crippen LogP contribution in [0.25, 0.3) is 0 Å². The Bertz CT molecular complexity index is 706. The molecule has 0 N–H and O–H groups in total. The van der Waals surface area contributed by atoms with Gasteiger partial charge in [-0.25, -0.2) is 0 Å². The normalized spacial score (nSPS) is 26.6. The van der Waals surface area contributed by atoms with Crippen LogP contribution in [0.1, 0.15) is 22.5 Å². The highest BCUT2D eigenvalue weighted by Gasteiger charge is 2.46. The highest BCUT2D eigenvalue weighted by atomic mass is 16.5. The predicted molar refractivity (Wildman–Crippen MR) is 89.7 cm³/mol. The molecule has 2 saturated heterocycles. The second kappa shape index (κ2) is 6.93. The number of hydrogen-bond acceptors (Lipinski definition) is 6. The molecule has 132 valence electrons. The quantitative estimate of drug-likeness (QED) is 0.837. The first kappa shape index (κ1) is 16.2. The first-order valence-corrected chi connectivity index (χ1v) is 8.61. The van der Waals surface area contributed by atoms with Crippen LogP contribution in [0.2, 0.25) is 0 Å². The number of furan rings is 1. The number of carbonyl (C=O) groups excluding carboxylic acids is 1. The number of likely N-dealkylation sites (tertiary alicyclic amines) is 2. The summed E-state index contributed by atoms with van der Waals surface area (Å²) < 4.78 is 11.2. The van der Waals surface area contributed by atoms with Crippen molar-refractivity contribution >= 4 is 5.91 Å². The topological polar surface area (TPSA) is 71.7 Å². The van der Waals surface area contributed by atoms with Gasteiger partial charge in [0.1, 0.15) is 5.76 Å². The maximum Gasteiger partial charge on any atom is 0.255 e. The minimum Gasteiger partial charge on any atom is -0.468 e. The van der Waals surface area contributed by atoms with Crippen molar-refractivity contribution in [1.82, 2.24) is 20.0 Å². The summed E-state index contributed by atoms with van der Waals surface area (Å²) in [6, 6.07) is 5.76. The van der Waals surface area contributed by atoms with Gasteiger partial charge in [-0.05, 0) is 24.6 Å². The van der Waals surface area contributed by atoms with Crippen molar-refractivity contribution in [3.05, 3.63) is 48.2 Å². The molecule has 3 atom stereocenters. The third kappa shape index (κ3) is 3.17. The highest BCUT2D eigenvalue weighted by molar-refractivity contribution is 5.94. The maximum absolute atomic E-state index is 12.9. The van der Waals surface area contributed by atoms with E-state index in [4.69, 9.17) is 9.15 Å². The molecule has 2 aromatic rings. The van der Waals surface area contributed by atoms with E-state index in [1.54, 1.807) is 25.6 Å². The molecule has 2 aromatic heterocycles. The number of rotatable bonds is 4. The zero-order valence-electron chi connectivity index (χ0n) is 14.2. The Labute approximate surface area is 146 Å². The van der Waals surface area contributed by atoms with Crippen LogP contribution in [0.5, 0.6) is 0 Å². The van der Waals surface area contributed by atoms with Gasteiger partial charge >= 0.3 is 0 Å². The average molecular weight is 342 g/mol. The number of piperidine rings is 1. The fraction of sp³-hybridized carbons (Fsp3) is 0.500. The van der Waals surface area contributed by atoms with Gasteiger partial charge in [0.2, 0.25) is 0 Å². The van der Waals surface area contributed by atoms with E-state index in [0.29, 0.717) is 18.0 Å². The Morgan fingerprint density at radius 1 is 1.36 bits per heavy atom. The Morgan fingerprint density at radius 2 is 2.28 bits per heavy atom. The minimum atomic E-state index is 0.0271. The minimum absolute atomic E-state index is 0.0271. The van der Waals surface area contributed by atoms with Crippen molar-refractivity contribution in [3.8, 4) is 0 Å². The number of methoxy groups -OCH3 is 1. The highest BCUT2D eigenvalue weighted by Crippen LogP contribution is 2.34. The van der Waals surface area contributed by atoms with Gasteiger partial charge in [0.05, 0.1) is 42.9 Å². The van der Waals surface area contributed by atoms with E-state index in [-0.39, 0.29) is 18.1 Å². The molecule has 4 rings (SSSR count). The first-order valence-electron chi connectivity index (χ1n) is 8.61. The molecule has 2 aliphatic rings. The van der Waals surface area contributed by atoms with Crippen molar-refractivity contribution in [2.24, 2.45) is 5.92 Å². The van der Waals surface area contributed by atoms with Crippen LogP contribution >= 0.6 is 0 Å². The summed E-state index contributed by atoms with van der Waals surface area (Å²) in [6.45, 7) is 3.20. The maximum atomic E-state index is 12.9. The Balaban J connectivity index is 1.53. The van der Waals surface area contributed by atoms with Crippen LogP contribution in [0.3, 0.4) is 0 Å². The zero-order chi connectivity index (χ0) is 17.2. The summed E-state index contributed by atoms with van der Waals surface area (Å²) in [5.41, 5.74) is 0.592. The lowest BCUT2D eigenvalue weighted by Crippen LogP contribution is -2.53. The second-order valence-electron chi connectivity index (χ2n) is 6.70. The summed E-state index contributed by atoms with van der Waals surface area (Å²) in [6.07, 6.45) is 5.84. The van der Waals surface area contributed by atoms with Crippen molar-refractivity contribution in [2.75, 3.05) is 26.7 Å². The van der Waals surface area contributed by atoms with Gasteiger partial charge in [-0.1, -0.05) is 0 Å². The van der Waals surface area contributed by atoms with Gasteiger partial charge < -0.3 is 14.1 Å². The Kier molecular flexibility index (Phi) is 4.50. The summed E-state index contributed by atoms with van der Waals surface area (Å²) in [5, 5.41) is 7.60. The first-order chi connectivity index (χ1) is 12.3. The number of nitrogens with zero attached hydrogens (tertiary/aromatic N) is 4. The van der Waals surface area contributed by atoms with Crippen LogP contribution in [0, 0.1) is 5.92 Å².